The molecule has 0 aliphatic rings. The molecule has 0 saturated carbocycles. The zero-order chi connectivity index (χ0) is 33.0. The summed E-state index contributed by atoms with van der Waals surface area (Å²) in [7, 11) is 0. The third kappa shape index (κ3) is 5.96. The Hall–Kier alpha value is -4.30. The van der Waals surface area contributed by atoms with E-state index in [1.165, 1.54) is 117 Å². The summed E-state index contributed by atoms with van der Waals surface area (Å²) < 4.78 is 5.19. The van der Waals surface area contributed by atoms with Crippen molar-refractivity contribution in [1.82, 2.24) is 9.13 Å². The van der Waals surface area contributed by atoms with E-state index in [0.717, 1.165) is 12.8 Å². The van der Waals surface area contributed by atoms with Gasteiger partial charge in [0, 0.05) is 32.9 Å². The fourth-order valence-corrected chi connectivity index (χ4v) is 8.28. The van der Waals surface area contributed by atoms with Crippen LogP contribution in [0.5, 0.6) is 0 Å². The van der Waals surface area contributed by atoms with E-state index in [4.69, 9.17) is 0 Å². The van der Waals surface area contributed by atoms with E-state index in [1.54, 1.807) is 0 Å². The van der Waals surface area contributed by atoms with Crippen LogP contribution < -0.4 is 0 Å². The van der Waals surface area contributed by atoms with Crippen LogP contribution in [0.2, 0.25) is 0 Å². The summed E-state index contributed by atoms with van der Waals surface area (Å²) in [6, 6.07) is 41.3. The van der Waals surface area contributed by atoms with E-state index >= 15 is 0 Å². The van der Waals surface area contributed by atoms with Crippen LogP contribution in [0.3, 0.4) is 0 Å². The van der Waals surface area contributed by atoms with Gasteiger partial charge in [-0.2, -0.15) is 0 Å². The molecule has 0 N–H and O–H groups in total. The standard InChI is InChI=1S/C46H52N2/c1-5-9-19-33(7-3)29-35-31-46(48-43-27-17-13-23-39(43)40-24-14-18-28-44(40)48)36(30-34(8-4)20-10-6-2)32-45(35)47-41-25-15-11-21-37(41)38-22-12-16-26-42(38)47/h11-18,21-28,31-34H,5-10,19-20,29-30H2,1-4H3. The highest BCUT2D eigenvalue weighted by molar-refractivity contribution is 6.10. The van der Waals surface area contributed by atoms with E-state index in [2.05, 4.69) is 146 Å². The molecular weight excluding hydrogens is 581 g/mol. The van der Waals surface area contributed by atoms with Crippen molar-refractivity contribution in [2.45, 2.75) is 91.9 Å². The first-order valence-corrected chi connectivity index (χ1v) is 18.8. The molecule has 0 amide bonds. The van der Waals surface area contributed by atoms with Gasteiger partial charge in [-0.1, -0.05) is 152 Å². The lowest BCUT2D eigenvalue weighted by Crippen LogP contribution is -2.13. The van der Waals surface area contributed by atoms with Gasteiger partial charge in [-0.3, -0.25) is 0 Å². The Bertz CT molecular complexity index is 1900. The molecule has 2 unspecified atom stereocenters. The van der Waals surface area contributed by atoms with Gasteiger partial charge in [0.05, 0.1) is 22.1 Å². The molecule has 0 aliphatic heterocycles. The van der Waals surface area contributed by atoms with Crippen molar-refractivity contribution in [2.75, 3.05) is 0 Å². The first-order chi connectivity index (χ1) is 23.7. The molecule has 0 radical (unpaired) electrons. The fraction of sp³-hybridized carbons (Fsp3) is 0.348. The third-order valence-corrected chi connectivity index (χ3v) is 11.0. The molecule has 7 aromatic rings. The molecule has 5 aromatic carbocycles. The summed E-state index contributed by atoms with van der Waals surface area (Å²) in [6.45, 7) is 9.44. The molecule has 48 heavy (non-hydrogen) atoms. The van der Waals surface area contributed by atoms with Gasteiger partial charge < -0.3 is 9.13 Å². The number of rotatable bonds is 14. The number of nitrogens with zero attached hydrogens (tertiary/aromatic N) is 2. The maximum Gasteiger partial charge on any atom is 0.0541 e. The highest BCUT2D eigenvalue weighted by Crippen LogP contribution is 2.39. The van der Waals surface area contributed by atoms with E-state index < -0.39 is 0 Å². The lowest BCUT2D eigenvalue weighted by molar-refractivity contribution is 0.446. The van der Waals surface area contributed by atoms with Crippen molar-refractivity contribution in [3.63, 3.8) is 0 Å². The van der Waals surface area contributed by atoms with Gasteiger partial charge >= 0.3 is 0 Å². The van der Waals surface area contributed by atoms with Gasteiger partial charge in [-0.15, -0.1) is 0 Å². The molecule has 0 aliphatic carbocycles. The van der Waals surface area contributed by atoms with Gasteiger partial charge in [0.25, 0.3) is 0 Å². The fourth-order valence-electron chi connectivity index (χ4n) is 8.28. The molecule has 0 saturated heterocycles. The summed E-state index contributed by atoms with van der Waals surface area (Å²) in [5.41, 5.74) is 10.9. The normalized spacial score (nSPS) is 13.2. The molecule has 0 fully saturated rings. The molecule has 2 aromatic heterocycles. The molecule has 7 rings (SSSR count). The Morgan fingerprint density at radius 1 is 0.438 bits per heavy atom. The number of para-hydroxylation sites is 4. The molecule has 2 atom stereocenters. The number of fused-ring (bicyclic) bond motifs is 6. The van der Waals surface area contributed by atoms with Crippen molar-refractivity contribution in [2.24, 2.45) is 11.8 Å². The van der Waals surface area contributed by atoms with Crippen LogP contribution in [0, 0.1) is 11.8 Å². The Kier molecular flexibility index (Phi) is 9.71. The monoisotopic (exact) mass is 632 g/mol. The van der Waals surface area contributed by atoms with Gasteiger partial charge in [0.15, 0.2) is 0 Å². The minimum atomic E-state index is 0.654. The zero-order valence-electron chi connectivity index (χ0n) is 29.5. The first kappa shape index (κ1) is 32.3. The molecule has 2 heteroatoms. The number of benzene rings is 5. The molecular formula is C46H52N2. The SMILES string of the molecule is CCCCC(CC)Cc1cc(-n2c3ccccc3c3ccccc32)c(CC(CC)CCCC)cc1-n1c2ccccc2c2ccccc21. The zero-order valence-corrected chi connectivity index (χ0v) is 29.5. The maximum atomic E-state index is 2.62. The number of aromatic nitrogens is 2. The number of unbranched alkanes of at least 4 members (excludes halogenated alkanes) is 2. The predicted octanol–water partition coefficient (Wildman–Crippen LogP) is 13.4. The smallest absolute Gasteiger partial charge is 0.0541 e. The lowest BCUT2D eigenvalue weighted by Gasteiger charge is -2.25. The van der Waals surface area contributed by atoms with Gasteiger partial charge in [-0.25, -0.2) is 0 Å². The minimum Gasteiger partial charge on any atom is -0.309 e. The van der Waals surface area contributed by atoms with Crippen LogP contribution in [0.25, 0.3) is 55.0 Å². The Morgan fingerprint density at radius 2 is 0.750 bits per heavy atom. The molecule has 246 valence electrons. The van der Waals surface area contributed by atoms with E-state index in [0.29, 0.717) is 11.8 Å². The second-order valence-electron chi connectivity index (χ2n) is 14.1. The van der Waals surface area contributed by atoms with Crippen LogP contribution in [-0.4, -0.2) is 9.13 Å². The van der Waals surface area contributed by atoms with Crippen LogP contribution in [0.4, 0.5) is 0 Å². The topological polar surface area (TPSA) is 9.86 Å². The third-order valence-electron chi connectivity index (χ3n) is 11.0. The van der Waals surface area contributed by atoms with Crippen LogP contribution in [0.1, 0.15) is 90.2 Å². The predicted molar refractivity (Wildman–Crippen MR) is 209 cm³/mol. The van der Waals surface area contributed by atoms with Crippen molar-refractivity contribution in [3.8, 4) is 11.4 Å². The average Bonchev–Trinajstić information content (AvgIpc) is 3.65. The van der Waals surface area contributed by atoms with Crippen LogP contribution >= 0.6 is 0 Å². The summed E-state index contributed by atoms with van der Waals surface area (Å²) in [6.07, 6.45) is 12.2. The van der Waals surface area contributed by atoms with Crippen molar-refractivity contribution in [1.29, 1.82) is 0 Å². The average molecular weight is 633 g/mol. The summed E-state index contributed by atoms with van der Waals surface area (Å²) in [4.78, 5) is 0. The van der Waals surface area contributed by atoms with Crippen molar-refractivity contribution < 1.29 is 0 Å². The Balaban J connectivity index is 1.55. The Labute approximate surface area is 287 Å². The number of hydrogen-bond acceptors (Lipinski definition) is 0. The molecule has 2 nitrogen and oxygen atoms in total. The van der Waals surface area contributed by atoms with Crippen LogP contribution in [0.15, 0.2) is 109 Å². The largest absolute Gasteiger partial charge is 0.309 e. The van der Waals surface area contributed by atoms with Crippen molar-refractivity contribution in [3.05, 3.63) is 120 Å². The van der Waals surface area contributed by atoms with E-state index in [1.807, 2.05) is 0 Å². The van der Waals surface area contributed by atoms with Gasteiger partial charge in [-0.05, 0) is 72.2 Å². The lowest BCUT2D eigenvalue weighted by atomic mass is 9.87. The molecule has 2 heterocycles. The summed E-state index contributed by atoms with van der Waals surface area (Å²) >= 11 is 0. The quantitative estimate of drug-likeness (QED) is 0.113. The van der Waals surface area contributed by atoms with Gasteiger partial charge in [0.2, 0.25) is 0 Å². The first-order valence-electron chi connectivity index (χ1n) is 18.8. The van der Waals surface area contributed by atoms with E-state index in [9.17, 15) is 0 Å². The van der Waals surface area contributed by atoms with Crippen LogP contribution in [-0.2, 0) is 12.8 Å². The van der Waals surface area contributed by atoms with Crippen molar-refractivity contribution >= 4 is 43.6 Å². The summed E-state index contributed by atoms with van der Waals surface area (Å²) in [5.74, 6) is 1.31. The number of hydrogen-bond donors (Lipinski definition) is 0. The summed E-state index contributed by atoms with van der Waals surface area (Å²) in [5, 5.41) is 5.33. The maximum absolute atomic E-state index is 2.62. The second kappa shape index (κ2) is 14.4. The molecule has 0 spiro atoms. The molecule has 0 bridgehead atoms. The highest BCUT2D eigenvalue weighted by atomic mass is 15.0. The minimum absolute atomic E-state index is 0.654. The second-order valence-corrected chi connectivity index (χ2v) is 14.1. The Morgan fingerprint density at radius 3 is 1.04 bits per heavy atom. The van der Waals surface area contributed by atoms with E-state index in [-0.39, 0.29) is 0 Å². The highest BCUT2D eigenvalue weighted by Gasteiger charge is 2.23. The van der Waals surface area contributed by atoms with Gasteiger partial charge in [0.1, 0.15) is 0 Å².